The number of nitrogens with zero attached hydrogens (tertiary/aromatic N) is 1. The molecule has 7 nitrogen and oxygen atoms in total. The van der Waals surface area contributed by atoms with Crippen molar-refractivity contribution in [1.29, 1.82) is 0 Å². The Bertz CT molecular complexity index is 1190. The smallest absolute Gasteiger partial charge is 0.290 e. The molecule has 1 fully saturated rings. The van der Waals surface area contributed by atoms with Gasteiger partial charge in [0.1, 0.15) is 11.8 Å². The van der Waals surface area contributed by atoms with Gasteiger partial charge >= 0.3 is 0 Å². The van der Waals surface area contributed by atoms with Gasteiger partial charge in [0.15, 0.2) is 5.76 Å². The molecular weight excluding hydrogens is 442 g/mol. The first-order valence-electron chi connectivity index (χ1n) is 12.2. The average Bonchev–Trinajstić information content (AvgIpc) is 3.62. The number of nitrogens with one attached hydrogen (secondary N) is 1. The number of furan rings is 1. The minimum Gasteiger partial charge on any atom is -0.454 e. The van der Waals surface area contributed by atoms with Crippen LogP contribution in [0.3, 0.4) is 0 Å². The van der Waals surface area contributed by atoms with E-state index < -0.39 is 6.04 Å². The van der Waals surface area contributed by atoms with Crippen molar-refractivity contribution in [3.05, 3.63) is 94.9 Å². The summed E-state index contributed by atoms with van der Waals surface area (Å²) in [5.41, 5.74) is 9.37. The van der Waals surface area contributed by atoms with E-state index in [2.05, 4.69) is 17.4 Å². The molecule has 2 unspecified atom stereocenters. The molecule has 5 rings (SSSR count). The fourth-order valence-corrected chi connectivity index (χ4v) is 5.01. The van der Waals surface area contributed by atoms with E-state index in [4.69, 9.17) is 14.9 Å². The number of ether oxygens (including phenoxy) is 1. The van der Waals surface area contributed by atoms with Crippen LogP contribution in [0.5, 0.6) is 0 Å². The van der Waals surface area contributed by atoms with Gasteiger partial charge in [0.2, 0.25) is 5.91 Å². The molecule has 7 heteroatoms. The zero-order chi connectivity index (χ0) is 24.4. The fraction of sp³-hybridized carbons (Fsp3) is 0.357. The number of hydrogen-bond donors (Lipinski definition) is 2. The molecule has 3 N–H and O–H groups in total. The van der Waals surface area contributed by atoms with E-state index in [1.807, 2.05) is 42.5 Å². The molecule has 35 heavy (non-hydrogen) atoms. The number of rotatable bonds is 7. The predicted molar refractivity (Wildman–Crippen MR) is 131 cm³/mol. The van der Waals surface area contributed by atoms with Crippen molar-refractivity contribution in [3.63, 3.8) is 0 Å². The fourth-order valence-electron chi connectivity index (χ4n) is 5.01. The van der Waals surface area contributed by atoms with Crippen LogP contribution in [0.25, 0.3) is 0 Å². The molecule has 2 aliphatic rings. The summed E-state index contributed by atoms with van der Waals surface area (Å²) >= 11 is 0. The van der Waals surface area contributed by atoms with E-state index in [1.54, 1.807) is 24.0 Å². The van der Waals surface area contributed by atoms with E-state index in [1.165, 1.54) is 5.56 Å². The summed E-state index contributed by atoms with van der Waals surface area (Å²) in [6, 6.07) is 20.4. The Kier molecular flexibility index (Phi) is 6.70. The highest BCUT2D eigenvalue weighted by Gasteiger charge is 2.42. The van der Waals surface area contributed by atoms with Crippen LogP contribution in [0.1, 0.15) is 64.9 Å². The van der Waals surface area contributed by atoms with Crippen molar-refractivity contribution >= 4 is 11.8 Å². The van der Waals surface area contributed by atoms with Crippen LogP contribution in [-0.2, 0) is 22.6 Å². The summed E-state index contributed by atoms with van der Waals surface area (Å²) < 4.78 is 11.8. The van der Waals surface area contributed by atoms with Crippen molar-refractivity contribution < 1.29 is 18.7 Å². The summed E-state index contributed by atoms with van der Waals surface area (Å²) in [5.74, 6) is 0.234. The maximum atomic E-state index is 13.5. The van der Waals surface area contributed by atoms with E-state index in [0.29, 0.717) is 25.3 Å². The second-order valence-electron chi connectivity index (χ2n) is 9.42. The average molecular weight is 474 g/mol. The quantitative estimate of drug-likeness (QED) is 0.542. The lowest BCUT2D eigenvalue weighted by molar-refractivity contribution is -0.125. The number of aryl methyl sites for hydroxylation is 1. The van der Waals surface area contributed by atoms with E-state index in [0.717, 1.165) is 24.0 Å². The SMILES string of the molecule is CC(N)c1ccc(C(=O)N2CC(OCc3ccccc3)C[C@H]2C(=O)N[C@@H]2CCc3ccccc32)o1. The van der Waals surface area contributed by atoms with Crippen LogP contribution in [0, 0.1) is 0 Å². The highest BCUT2D eigenvalue weighted by atomic mass is 16.5. The highest BCUT2D eigenvalue weighted by Crippen LogP contribution is 2.32. The van der Waals surface area contributed by atoms with Gasteiger partial charge in [-0.25, -0.2) is 0 Å². The summed E-state index contributed by atoms with van der Waals surface area (Å²) in [6.07, 6.45) is 1.97. The van der Waals surface area contributed by atoms with Gasteiger partial charge in [-0.15, -0.1) is 0 Å². The minimum atomic E-state index is -0.639. The highest BCUT2D eigenvalue weighted by molar-refractivity contribution is 5.96. The van der Waals surface area contributed by atoms with Crippen LogP contribution in [-0.4, -0.2) is 35.4 Å². The Morgan fingerprint density at radius 3 is 2.66 bits per heavy atom. The van der Waals surface area contributed by atoms with Crippen molar-refractivity contribution in [2.45, 2.75) is 57.0 Å². The summed E-state index contributed by atoms with van der Waals surface area (Å²) in [5, 5.41) is 3.19. The Morgan fingerprint density at radius 2 is 1.89 bits per heavy atom. The van der Waals surface area contributed by atoms with Crippen molar-refractivity contribution in [1.82, 2.24) is 10.2 Å². The molecule has 0 radical (unpaired) electrons. The molecule has 0 spiro atoms. The lowest BCUT2D eigenvalue weighted by atomic mass is 10.1. The molecular formula is C28H31N3O4. The number of hydrogen-bond acceptors (Lipinski definition) is 5. The number of carbonyl (C=O) groups is 2. The summed E-state index contributed by atoms with van der Waals surface area (Å²) in [6.45, 7) is 2.54. The molecule has 2 amide bonds. The molecule has 4 atom stereocenters. The predicted octanol–water partition coefficient (Wildman–Crippen LogP) is 3.90. The van der Waals surface area contributed by atoms with Crippen LogP contribution >= 0.6 is 0 Å². The first-order valence-corrected chi connectivity index (χ1v) is 12.2. The van der Waals surface area contributed by atoms with Gasteiger partial charge in [-0.3, -0.25) is 9.59 Å². The number of fused-ring (bicyclic) bond motifs is 1. The van der Waals surface area contributed by atoms with Gasteiger partial charge < -0.3 is 25.1 Å². The molecule has 182 valence electrons. The molecule has 1 aromatic heterocycles. The van der Waals surface area contributed by atoms with E-state index >= 15 is 0 Å². The second kappa shape index (κ2) is 10.1. The standard InChI is InChI=1S/C28H31N3O4/c1-18(29)25-13-14-26(35-25)28(33)31-16-21(34-17-19-7-3-2-4-8-19)15-24(31)27(32)30-23-12-11-20-9-5-6-10-22(20)23/h2-10,13-14,18,21,23-24H,11-12,15-17,29H2,1H3,(H,30,32)/t18?,21?,23-,24+/m1/s1. The van der Waals surface area contributed by atoms with Gasteiger partial charge in [-0.1, -0.05) is 54.6 Å². The van der Waals surface area contributed by atoms with Crippen LogP contribution in [0.4, 0.5) is 0 Å². The Hall–Kier alpha value is -3.42. The van der Waals surface area contributed by atoms with Crippen molar-refractivity contribution in [2.75, 3.05) is 6.54 Å². The molecule has 1 aliphatic carbocycles. The molecule has 0 bridgehead atoms. The second-order valence-corrected chi connectivity index (χ2v) is 9.42. The van der Waals surface area contributed by atoms with Crippen LogP contribution < -0.4 is 11.1 Å². The van der Waals surface area contributed by atoms with Crippen LogP contribution in [0.15, 0.2) is 71.1 Å². The van der Waals surface area contributed by atoms with Crippen LogP contribution in [0.2, 0.25) is 0 Å². The Balaban J connectivity index is 1.33. The zero-order valence-electron chi connectivity index (χ0n) is 19.9. The zero-order valence-corrected chi connectivity index (χ0v) is 19.9. The number of carbonyl (C=O) groups excluding carboxylic acids is 2. The van der Waals surface area contributed by atoms with Gasteiger partial charge in [0, 0.05) is 13.0 Å². The van der Waals surface area contributed by atoms with Gasteiger partial charge in [-0.05, 0) is 48.6 Å². The molecule has 1 aliphatic heterocycles. The number of nitrogens with two attached hydrogens (primary N) is 1. The van der Waals surface area contributed by atoms with E-state index in [-0.39, 0.29) is 35.8 Å². The summed E-state index contributed by atoms with van der Waals surface area (Å²) in [4.78, 5) is 28.5. The van der Waals surface area contributed by atoms with Gasteiger partial charge in [0.25, 0.3) is 5.91 Å². The van der Waals surface area contributed by atoms with Crippen molar-refractivity contribution in [2.24, 2.45) is 5.73 Å². The minimum absolute atomic E-state index is 0.0479. The largest absolute Gasteiger partial charge is 0.454 e. The number of amides is 2. The molecule has 2 heterocycles. The molecule has 0 saturated carbocycles. The van der Waals surface area contributed by atoms with Crippen molar-refractivity contribution in [3.8, 4) is 0 Å². The third-order valence-electron chi connectivity index (χ3n) is 6.89. The Morgan fingerprint density at radius 1 is 1.11 bits per heavy atom. The topological polar surface area (TPSA) is 97.8 Å². The third-order valence-corrected chi connectivity index (χ3v) is 6.89. The maximum absolute atomic E-state index is 13.5. The number of benzene rings is 2. The van der Waals surface area contributed by atoms with Gasteiger partial charge in [0.05, 0.1) is 24.8 Å². The third kappa shape index (κ3) is 5.01. The first kappa shape index (κ1) is 23.3. The maximum Gasteiger partial charge on any atom is 0.290 e. The monoisotopic (exact) mass is 473 g/mol. The molecule has 3 aromatic rings. The lowest BCUT2D eigenvalue weighted by Crippen LogP contribution is -2.46. The van der Waals surface area contributed by atoms with E-state index in [9.17, 15) is 9.59 Å². The summed E-state index contributed by atoms with van der Waals surface area (Å²) in [7, 11) is 0. The lowest BCUT2D eigenvalue weighted by Gasteiger charge is -2.24. The number of likely N-dealkylation sites (tertiary alicyclic amines) is 1. The molecule has 1 saturated heterocycles. The first-order chi connectivity index (χ1) is 17.0. The van der Waals surface area contributed by atoms with Gasteiger partial charge in [-0.2, -0.15) is 0 Å². The Labute approximate surface area is 205 Å². The molecule has 2 aromatic carbocycles. The normalized spacial score (nSPS) is 22.1.